The molecule has 2 N–H and O–H groups in total. The number of rotatable bonds is 4. The number of hydrogen-bond donors (Lipinski definition) is 2. The van der Waals surface area contributed by atoms with Crippen molar-refractivity contribution in [2.75, 3.05) is 14.2 Å². The van der Waals surface area contributed by atoms with E-state index in [0.29, 0.717) is 22.3 Å². The van der Waals surface area contributed by atoms with Crippen LogP contribution in [0, 0.1) is 6.92 Å². The molecule has 8 nitrogen and oxygen atoms in total. The molecule has 4 aromatic rings. The van der Waals surface area contributed by atoms with Gasteiger partial charge in [-0.05, 0) is 37.3 Å². The maximum absolute atomic E-state index is 11.4. The van der Waals surface area contributed by atoms with Crippen molar-refractivity contribution in [2.24, 2.45) is 0 Å². The van der Waals surface area contributed by atoms with Crippen LogP contribution in [0.1, 0.15) is 5.56 Å². The van der Waals surface area contributed by atoms with E-state index in [-0.39, 0.29) is 9.79 Å². The van der Waals surface area contributed by atoms with Crippen molar-refractivity contribution in [1.29, 1.82) is 0 Å². The Morgan fingerprint density at radius 1 is 0.606 bits per heavy atom. The molecule has 0 saturated heterocycles. The van der Waals surface area contributed by atoms with Crippen LogP contribution in [0.3, 0.4) is 0 Å². The second-order valence-electron chi connectivity index (χ2n) is 7.08. The topological polar surface area (TPSA) is 127 Å². The van der Waals surface area contributed by atoms with E-state index < -0.39 is 20.2 Å². The standard InChI is InChI=1S/C16H14O5S.C7H8O3S/c1-20-15-11-5-3-4-6-12(11)16(21-2)14-9-10(22(17,18)19)7-8-13(14)15;1-6-2-4-7(5-3-6)11(8,9)10/h3-9H,1-2H3,(H,17,18,19);2-5H,1H3,(H,8,9,10). The lowest BCUT2D eigenvalue weighted by Gasteiger charge is -2.15. The fourth-order valence-corrected chi connectivity index (χ4v) is 4.38. The summed E-state index contributed by atoms with van der Waals surface area (Å²) in [4.78, 5) is -0.251. The van der Waals surface area contributed by atoms with Gasteiger partial charge < -0.3 is 9.47 Å². The predicted molar refractivity (Wildman–Crippen MR) is 125 cm³/mol. The molecule has 0 amide bonds. The van der Waals surface area contributed by atoms with Gasteiger partial charge in [-0.25, -0.2) is 0 Å². The van der Waals surface area contributed by atoms with Gasteiger partial charge in [0.15, 0.2) is 0 Å². The summed E-state index contributed by atoms with van der Waals surface area (Å²) in [7, 11) is -5.23. The minimum atomic E-state index is -4.29. The Morgan fingerprint density at radius 3 is 1.48 bits per heavy atom. The van der Waals surface area contributed by atoms with E-state index >= 15 is 0 Å². The molecule has 0 bridgehead atoms. The number of methoxy groups -OCH3 is 2. The molecule has 0 radical (unpaired) electrons. The average Bonchev–Trinajstić information content (AvgIpc) is 2.76. The third kappa shape index (κ3) is 5.25. The van der Waals surface area contributed by atoms with Crippen LogP contribution in [0.4, 0.5) is 0 Å². The van der Waals surface area contributed by atoms with E-state index in [4.69, 9.17) is 14.0 Å². The lowest BCUT2D eigenvalue weighted by molar-refractivity contribution is 0.417. The Balaban J connectivity index is 0.000000235. The minimum Gasteiger partial charge on any atom is -0.495 e. The molecular weight excluding hydrogens is 468 g/mol. The molecule has 0 unspecified atom stereocenters. The second-order valence-corrected chi connectivity index (χ2v) is 9.93. The maximum atomic E-state index is 11.4. The zero-order chi connectivity index (χ0) is 24.4. The molecule has 0 heterocycles. The monoisotopic (exact) mass is 490 g/mol. The van der Waals surface area contributed by atoms with E-state index in [1.807, 2.05) is 31.2 Å². The Kier molecular flexibility index (Phi) is 6.94. The summed E-state index contributed by atoms with van der Waals surface area (Å²) in [6.07, 6.45) is 0. The van der Waals surface area contributed by atoms with Crippen molar-refractivity contribution in [1.82, 2.24) is 0 Å². The van der Waals surface area contributed by atoms with Gasteiger partial charge in [0.05, 0.1) is 24.0 Å². The van der Waals surface area contributed by atoms with Crippen LogP contribution in [0.5, 0.6) is 11.5 Å². The number of aryl methyl sites for hydroxylation is 1. The van der Waals surface area contributed by atoms with Gasteiger partial charge in [0.1, 0.15) is 11.5 Å². The van der Waals surface area contributed by atoms with Crippen molar-refractivity contribution in [3.05, 3.63) is 72.3 Å². The lowest BCUT2D eigenvalue weighted by atomic mass is 10.0. The molecule has 0 aliphatic carbocycles. The van der Waals surface area contributed by atoms with Gasteiger partial charge in [-0.3, -0.25) is 9.11 Å². The van der Waals surface area contributed by atoms with Crippen molar-refractivity contribution in [3.63, 3.8) is 0 Å². The van der Waals surface area contributed by atoms with Crippen LogP contribution < -0.4 is 9.47 Å². The highest BCUT2D eigenvalue weighted by atomic mass is 32.2. The summed E-state index contributed by atoms with van der Waals surface area (Å²) in [5.41, 5.74) is 0.956. The van der Waals surface area contributed by atoms with E-state index in [1.54, 1.807) is 25.3 Å². The fourth-order valence-electron chi connectivity index (χ4n) is 3.39. The summed E-state index contributed by atoms with van der Waals surface area (Å²) >= 11 is 0. The van der Waals surface area contributed by atoms with E-state index in [1.165, 1.54) is 31.4 Å². The van der Waals surface area contributed by atoms with Gasteiger partial charge >= 0.3 is 0 Å². The van der Waals surface area contributed by atoms with E-state index in [2.05, 4.69) is 0 Å². The summed E-state index contributed by atoms with van der Waals surface area (Å²) in [5, 5.41) is 2.95. The first kappa shape index (κ1) is 24.5. The molecule has 10 heteroatoms. The van der Waals surface area contributed by atoms with E-state index in [0.717, 1.165) is 16.3 Å². The molecule has 33 heavy (non-hydrogen) atoms. The SMILES string of the molecule is COc1c2ccccc2c(OC)c2cc(S(=O)(=O)O)ccc12.Cc1ccc(S(=O)(=O)O)cc1. The number of hydrogen-bond acceptors (Lipinski definition) is 6. The molecule has 0 aromatic heterocycles. The Labute approximate surface area is 191 Å². The number of fused-ring (bicyclic) bond motifs is 2. The summed E-state index contributed by atoms with van der Waals surface area (Å²) < 4.78 is 72.5. The number of benzene rings is 4. The van der Waals surface area contributed by atoms with Gasteiger partial charge in [-0.1, -0.05) is 42.0 Å². The molecule has 174 valence electrons. The smallest absolute Gasteiger partial charge is 0.294 e. The van der Waals surface area contributed by atoms with Crippen molar-refractivity contribution in [2.45, 2.75) is 16.7 Å². The molecule has 0 fully saturated rings. The third-order valence-corrected chi connectivity index (χ3v) is 6.64. The summed E-state index contributed by atoms with van der Waals surface area (Å²) in [5.74, 6) is 1.17. The summed E-state index contributed by atoms with van der Waals surface area (Å²) in [6.45, 7) is 1.84. The summed E-state index contributed by atoms with van der Waals surface area (Å²) in [6, 6.07) is 17.9. The van der Waals surface area contributed by atoms with Crippen LogP contribution in [0.25, 0.3) is 21.5 Å². The van der Waals surface area contributed by atoms with Gasteiger partial charge in [0, 0.05) is 21.5 Å². The molecule has 0 aliphatic heterocycles. The van der Waals surface area contributed by atoms with Crippen molar-refractivity contribution in [3.8, 4) is 11.5 Å². The Morgan fingerprint density at radius 2 is 1.03 bits per heavy atom. The zero-order valence-corrected chi connectivity index (χ0v) is 19.6. The fraction of sp³-hybridized carbons (Fsp3) is 0.130. The first-order valence-electron chi connectivity index (χ1n) is 9.55. The molecule has 0 spiro atoms. The van der Waals surface area contributed by atoms with Crippen LogP contribution in [0.2, 0.25) is 0 Å². The molecule has 0 atom stereocenters. The predicted octanol–water partition coefficient (Wildman–Crippen LogP) is 4.50. The quantitative estimate of drug-likeness (QED) is 0.316. The van der Waals surface area contributed by atoms with Gasteiger partial charge in [-0.15, -0.1) is 0 Å². The normalized spacial score (nSPS) is 11.7. The average molecular weight is 491 g/mol. The molecule has 4 aromatic carbocycles. The van der Waals surface area contributed by atoms with Crippen molar-refractivity contribution >= 4 is 41.8 Å². The first-order valence-corrected chi connectivity index (χ1v) is 12.4. The first-order chi connectivity index (χ1) is 15.5. The molecule has 0 saturated carbocycles. The van der Waals surface area contributed by atoms with Crippen LogP contribution in [-0.2, 0) is 20.2 Å². The van der Waals surface area contributed by atoms with E-state index in [9.17, 15) is 21.4 Å². The molecule has 0 aliphatic rings. The van der Waals surface area contributed by atoms with Crippen LogP contribution in [-0.4, -0.2) is 40.2 Å². The van der Waals surface area contributed by atoms with Gasteiger partial charge in [-0.2, -0.15) is 16.8 Å². The molecular formula is C23H22O8S2. The van der Waals surface area contributed by atoms with Gasteiger partial charge in [0.2, 0.25) is 0 Å². The van der Waals surface area contributed by atoms with Crippen molar-refractivity contribution < 1.29 is 35.4 Å². The highest BCUT2D eigenvalue weighted by molar-refractivity contribution is 7.86. The Hall–Kier alpha value is -3.18. The number of ether oxygens (including phenoxy) is 2. The zero-order valence-electron chi connectivity index (χ0n) is 18.0. The maximum Gasteiger partial charge on any atom is 0.294 e. The van der Waals surface area contributed by atoms with Crippen LogP contribution >= 0.6 is 0 Å². The van der Waals surface area contributed by atoms with Crippen LogP contribution in [0.15, 0.2) is 76.5 Å². The molecule has 4 rings (SSSR count). The minimum absolute atomic E-state index is 0.0666. The third-order valence-electron chi connectivity index (χ3n) is 4.92. The highest BCUT2D eigenvalue weighted by Crippen LogP contribution is 2.43. The lowest BCUT2D eigenvalue weighted by Crippen LogP contribution is -1.99. The highest BCUT2D eigenvalue weighted by Gasteiger charge is 2.18. The Bertz CT molecular complexity index is 1520. The van der Waals surface area contributed by atoms with Gasteiger partial charge in [0.25, 0.3) is 20.2 Å². The second kappa shape index (κ2) is 9.36. The largest absolute Gasteiger partial charge is 0.495 e.